The largest absolute Gasteiger partial charge is 0.496 e. The van der Waals surface area contributed by atoms with Crippen LogP contribution in [0.2, 0.25) is 0 Å². The van der Waals surface area contributed by atoms with Crippen molar-refractivity contribution in [1.82, 2.24) is 29.4 Å². The molecule has 4 aromatic heterocycles. The fourth-order valence-electron chi connectivity index (χ4n) is 8.36. The number of anilines is 2. The predicted molar refractivity (Wildman–Crippen MR) is 282 cm³/mol. The summed E-state index contributed by atoms with van der Waals surface area (Å²) < 4.78 is 38.4. The molecule has 4 aliphatic rings. The molecule has 22 nitrogen and oxygen atoms in total. The van der Waals surface area contributed by atoms with Gasteiger partial charge in [-0.05, 0) is 104 Å². The van der Waals surface area contributed by atoms with Crippen LogP contribution in [0.15, 0.2) is 97.6 Å². The second-order valence-electron chi connectivity index (χ2n) is 19.7. The Morgan fingerprint density at radius 1 is 0.608 bits per heavy atom. The Kier molecular flexibility index (Phi) is 16.5. The highest BCUT2D eigenvalue weighted by atomic mass is 35.5. The van der Waals surface area contributed by atoms with Crippen LogP contribution in [-0.4, -0.2) is 134 Å². The summed E-state index contributed by atoms with van der Waals surface area (Å²) in [6.45, 7) is 22.6. The maximum Gasteiger partial charge on any atom is 0.496 e. The Labute approximate surface area is 439 Å². The third-order valence-corrected chi connectivity index (χ3v) is 14.0. The van der Waals surface area contributed by atoms with Gasteiger partial charge in [0.2, 0.25) is 0 Å². The Hall–Kier alpha value is -6.53. The van der Waals surface area contributed by atoms with Gasteiger partial charge in [-0.1, -0.05) is 0 Å². The number of hydrogen-bond acceptors (Lipinski definition) is 17. The Morgan fingerprint density at radius 2 is 0.986 bits per heavy atom. The molecule has 6 aromatic rings. The summed E-state index contributed by atoms with van der Waals surface area (Å²) >= 11 is 4.92. The molecular formula is C48H58B2Cl2N10O12. The van der Waals surface area contributed by atoms with E-state index in [1.54, 1.807) is 11.1 Å². The molecule has 0 unspecified atom stereocenters. The molecule has 4 saturated heterocycles. The second-order valence-corrected chi connectivity index (χ2v) is 20.0. The normalized spacial score (nSPS) is 18.4. The fraction of sp³-hybridized carbons (Fsp3) is 0.417. The highest BCUT2D eigenvalue weighted by Crippen LogP contribution is 2.38. The summed E-state index contributed by atoms with van der Waals surface area (Å²) in [6.07, 6.45) is 7.08. The van der Waals surface area contributed by atoms with Crippen molar-refractivity contribution in [3.05, 3.63) is 118 Å². The maximum atomic E-state index is 12.6. The van der Waals surface area contributed by atoms with Crippen LogP contribution in [0.3, 0.4) is 0 Å². The number of fused-ring (bicyclic) bond motifs is 2. The van der Waals surface area contributed by atoms with Gasteiger partial charge in [-0.15, -0.1) is 12.4 Å². The standard InChI is InChI=1S/C24H28BN5O6.C17H25BN4O2.C7H4ClNO4.ClH/c1-23(2)24(3,4)36-25(35-23)17-15-21-20(9-10-26-29(21)16-17)27-11-13-28(14-12-27)22(31)34-19-7-5-18(6-8-19)30(32)33;1-16(2)17(3,4)24-18(23-16)13-11-15-14(5-6-20-22(15)12-13)21-9-7-19-8-10-21;8-7(10)13-6-3-1-5(2-4-6)9(11)12;/h5-10,15-16H,11-14H2,1-4H3;5-6,11-12,19H,7-10H2,1-4H3;1-4H;1H. The van der Waals surface area contributed by atoms with E-state index in [-0.39, 0.29) is 53.6 Å². The van der Waals surface area contributed by atoms with Crippen LogP contribution in [0.4, 0.5) is 32.3 Å². The van der Waals surface area contributed by atoms with Crippen LogP contribution in [0.25, 0.3) is 11.0 Å². The first-order chi connectivity index (χ1) is 34.5. The van der Waals surface area contributed by atoms with Crippen molar-refractivity contribution in [2.45, 2.75) is 77.8 Å². The SMILES string of the molecule is CC1(C)OB(c2cc3c(N4CCN(C(=O)Oc5ccc([N+](=O)[O-])cc5)CC4)ccnn3c2)OC1(C)C.CC1(C)OB(c2cc3c(N4CCNCC4)ccnn3c2)OC1(C)C.Cl.O=C(Cl)Oc1ccc([N+](=O)[O-])cc1. The third-order valence-electron chi connectivity index (χ3n) is 13.9. The third kappa shape index (κ3) is 12.2. The van der Waals surface area contributed by atoms with E-state index in [1.807, 2.05) is 67.4 Å². The van der Waals surface area contributed by atoms with Gasteiger partial charge in [-0.3, -0.25) is 20.2 Å². The van der Waals surface area contributed by atoms with E-state index >= 15 is 0 Å². The van der Waals surface area contributed by atoms with Crippen molar-refractivity contribution in [2.75, 3.05) is 62.2 Å². The fourth-order valence-corrected chi connectivity index (χ4v) is 8.45. The number of nitro benzene ring substituents is 2. The molecular weight excluding hydrogens is 1000 g/mol. The number of halogens is 2. The molecule has 26 heteroatoms. The Balaban J connectivity index is 0.000000181. The van der Waals surface area contributed by atoms with Crippen LogP contribution >= 0.6 is 24.0 Å². The number of aromatic nitrogens is 4. The number of nitrogens with zero attached hydrogens (tertiary/aromatic N) is 9. The molecule has 2 aromatic carbocycles. The summed E-state index contributed by atoms with van der Waals surface area (Å²) in [5.41, 5.74) is 3.55. The van der Waals surface area contributed by atoms with Gasteiger partial charge in [0, 0.05) is 124 Å². The highest BCUT2D eigenvalue weighted by Gasteiger charge is 2.53. The van der Waals surface area contributed by atoms with Crippen molar-refractivity contribution < 1.29 is 47.5 Å². The van der Waals surface area contributed by atoms with Gasteiger partial charge in [0.25, 0.3) is 11.4 Å². The molecule has 0 atom stereocenters. The number of hydrogen-bond donors (Lipinski definition) is 1. The minimum absolute atomic E-state index is 0. The lowest BCUT2D eigenvalue weighted by molar-refractivity contribution is -0.385. The van der Waals surface area contributed by atoms with E-state index in [1.165, 1.54) is 54.2 Å². The quantitative estimate of drug-likeness (QED) is 0.0727. The maximum absolute atomic E-state index is 12.6. The van der Waals surface area contributed by atoms with E-state index in [9.17, 15) is 29.8 Å². The molecule has 8 heterocycles. The highest BCUT2D eigenvalue weighted by molar-refractivity contribution is 6.63. The van der Waals surface area contributed by atoms with Crippen LogP contribution in [0.1, 0.15) is 55.4 Å². The summed E-state index contributed by atoms with van der Waals surface area (Å²) in [5.74, 6) is 0.442. The van der Waals surface area contributed by atoms with E-state index in [0.717, 1.165) is 53.8 Å². The number of nitrogens with one attached hydrogen (secondary N) is 1. The van der Waals surface area contributed by atoms with Crippen LogP contribution in [0, 0.1) is 20.2 Å². The molecule has 1 amide bonds. The molecule has 0 aliphatic carbocycles. The Morgan fingerprint density at radius 3 is 1.36 bits per heavy atom. The van der Waals surface area contributed by atoms with Gasteiger partial charge in [0.05, 0.1) is 54.7 Å². The minimum Gasteiger partial charge on any atom is -0.414 e. The first-order valence-electron chi connectivity index (χ1n) is 23.7. The number of nitro groups is 2. The molecule has 74 heavy (non-hydrogen) atoms. The number of carbonyl (C=O) groups excluding carboxylic acids is 2. The Bertz CT molecular complexity index is 2950. The zero-order valence-electron chi connectivity index (χ0n) is 42.3. The van der Waals surface area contributed by atoms with Gasteiger partial charge >= 0.3 is 25.8 Å². The van der Waals surface area contributed by atoms with Gasteiger partial charge < -0.3 is 48.1 Å². The summed E-state index contributed by atoms with van der Waals surface area (Å²) in [5, 5.41) is 33.3. The molecule has 4 aliphatic heterocycles. The number of non-ortho nitro benzene ring substituents is 2. The number of piperazine rings is 2. The van der Waals surface area contributed by atoms with Crippen molar-refractivity contribution in [3.8, 4) is 11.5 Å². The van der Waals surface area contributed by atoms with Crippen molar-refractivity contribution in [3.63, 3.8) is 0 Å². The molecule has 0 spiro atoms. The van der Waals surface area contributed by atoms with Gasteiger partial charge in [-0.2, -0.15) is 10.2 Å². The predicted octanol–water partition coefficient (Wildman–Crippen LogP) is 6.66. The molecule has 0 bridgehead atoms. The zero-order valence-corrected chi connectivity index (χ0v) is 43.8. The van der Waals surface area contributed by atoms with Crippen molar-refractivity contribution >= 4 is 94.5 Å². The lowest BCUT2D eigenvalue weighted by Gasteiger charge is -2.35. The average Bonchev–Trinajstić information content (AvgIpc) is 4.09. The van der Waals surface area contributed by atoms with Gasteiger partial charge in [-0.25, -0.2) is 18.6 Å². The van der Waals surface area contributed by atoms with E-state index < -0.39 is 39.7 Å². The van der Waals surface area contributed by atoms with E-state index in [4.69, 9.17) is 35.0 Å². The lowest BCUT2D eigenvalue weighted by Crippen LogP contribution is -2.49. The first-order valence-corrected chi connectivity index (χ1v) is 24.1. The van der Waals surface area contributed by atoms with Gasteiger partial charge in [0.15, 0.2) is 0 Å². The zero-order chi connectivity index (χ0) is 52.5. The number of ether oxygens (including phenoxy) is 2. The smallest absolute Gasteiger partial charge is 0.414 e. The summed E-state index contributed by atoms with van der Waals surface area (Å²) in [6, 6.07) is 18.7. The number of carbonyl (C=O) groups is 2. The molecule has 392 valence electrons. The minimum atomic E-state index is -0.978. The van der Waals surface area contributed by atoms with Crippen LogP contribution < -0.4 is 35.5 Å². The average molecular weight is 1060 g/mol. The number of rotatable bonds is 8. The monoisotopic (exact) mass is 1060 g/mol. The molecule has 0 radical (unpaired) electrons. The van der Waals surface area contributed by atoms with Crippen molar-refractivity contribution in [1.29, 1.82) is 0 Å². The first kappa shape index (κ1) is 55.2. The van der Waals surface area contributed by atoms with E-state index in [2.05, 4.69) is 69.9 Å². The number of benzene rings is 2. The molecule has 10 rings (SSSR count). The van der Waals surface area contributed by atoms with Crippen LogP contribution in [0.5, 0.6) is 11.5 Å². The molecule has 4 fully saturated rings. The molecule has 0 saturated carbocycles. The number of amides is 1. The van der Waals surface area contributed by atoms with Gasteiger partial charge in [0.1, 0.15) is 11.5 Å². The topological polar surface area (TPSA) is 232 Å². The van der Waals surface area contributed by atoms with Crippen molar-refractivity contribution in [2.24, 2.45) is 0 Å². The summed E-state index contributed by atoms with van der Waals surface area (Å²) in [4.78, 5) is 49.0. The second kappa shape index (κ2) is 22.1. The summed E-state index contributed by atoms with van der Waals surface area (Å²) in [7, 11) is -0.830. The molecule has 1 N–H and O–H groups in total. The van der Waals surface area contributed by atoms with E-state index in [0.29, 0.717) is 26.2 Å². The van der Waals surface area contributed by atoms with Crippen LogP contribution in [-0.2, 0) is 18.6 Å². The lowest BCUT2D eigenvalue weighted by atomic mass is 9.81.